The molecular weight excluding hydrogens is 181 g/mol. The summed E-state index contributed by atoms with van der Waals surface area (Å²) in [6.45, 7) is 1.65. The van der Waals surface area contributed by atoms with Gasteiger partial charge in [-0.15, -0.1) is 0 Å². The van der Waals surface area contributed by atoms with Gasteiger partial charge in [-0.1, -0.05) is 0 Å². The molecule has 13 heavy (non-hydrogen) atoms. The molecule has 1 saturated carbocycles. The molecule has 4 heteroatoms. The van der Waals surface area contributed by atoms with Gasteiger partial charge in [-0.3, -0.25) is 0 Å². The van der Waals surface area contributed by atoms with Crippen molar-refractivity contribution in [2.24, 2.45) is 11.8 Å². The Bertz CT molecular complexity index is 157. The van der Waals surface area contributed by atoms with E-state index in [2.05, 4.69) is 0 Å². The molecule has 1 nitrogen and oxygen atoms in total. The molecule has 0 aromatic heterocycles. The standard InChI is InChI=1S/C9H15F3O/c1-6(13)7-2-4-8(5-3-7)9(10,11)12/h6-8,13H,2-5H2,1H3/t6-,7?,8?/m0/s1. The molecule has 1 fully saturated rings. The van der Waals surface area contributed by atoms with Gasteiger partial charge in [0.2, 0.25) is 0 Å². The zero-order chi connectivity index (χ0) is 10.1. The van der Waals surface area contributed by atoms with Crippen LogP contribution in [0.3, 0.4) is 0 Å². The van der Waals surface area contributed by atoms with E-state index in [9.17, 15) is 18.3 Å². The fraction of sp³-hybridized carbons (Fsp3) is 1.00. The van der Waals surface area contributed by atoms with E-state index in [1.165, 1.54) is 0 Å². The molecule has 78 valence electrons. The highest BCUT2D eigenvalue weighted by Gasteiger charge is 2.41. The minimum absolute atomic E-state index is 0.0681. The van der Waals surface area contributed by atoms with Crippen LogP contribution in [0.25, 0.3) is 0 Å². The van der Waals surface area contributed by atoms with Crippen LogP contribution in [0.4, 0.5) is 13.2 Å². The van der Waals surface area contributed by atoms with E-state index in [1.54, 1.807) is 6.92 Å². The molecule has 0 aromatic rings. The first kappa shape index (κ1) is 10.8. The van der Waals surface area contributed by atoms with Gasteiger partial charge < -0.3 is 5.11 Å². The number of hydrogen-bond acceptors (Lipinski definition) is 1. The van der Waals surface area contributed by atoms with Gasteiger partial charge >= 0.3 is 6.18 Å². The van der Waals surface area contributed by atoms with Crippen LogP contribution in [-0.2, 0) is 0 Å². The van der Waals surface area contributed by atoms with E-state index in [4.69, 9.17) is 0 Å². The summed E-state index contributed by atoms with van der Waals surface area (Å²) in [5.41, 5.74) is 0. The summed E-state index contributed by atoms with van der Waals surface area (Å²) in [7, 11) is 0. The third-order valence-corrected chi connectivity index (χ3v) is 2.92. The number of rotatable bonds is 1. The quantitative estimate of drug-likeness (QED) is 0.683. The smallest absolute Gasteiger partial charge is 0.391 e. The van der Waals surface area contributed by atoms with Gasteiger partial charge in [0.1, 0.15) is 0 Å². The molecule has 0 saturated heterocycles. The Morgan fingerprint density at radius 1 is 1.15 bits per heavy atom. The van der Waals surface area contributed by atoms with Crippen LogP contribution in [-0.4, -0.2) is 17.4 Å². The van der Waals surface area contributed by atoms with Gasteiger partial charge in [0.05, 0.1) is 12.0 Å². The Morgan fingerprint density at radius 3 is 1.92 bits per heavy atom. The number of alkyl halides is 3. The second kappa shape index (κ2) is 3.86. The molecule has 1 aliphatic rings. The number of hydrogen-bond donors (Lipinski definition) is 1. The number of aliphatic hydroxyl groups is 1. The molecule has 1 N–H and O–H groups in total. The average Bonchev–Trinajstić information content (AvgIpc) is 2.03. The minimum atomic E-state index is -4.04. The third-order valence-electron chi connectivity index (χ3n) is 2.92. The summed E-state index contributed by atoms with van der Waals surface area (Å²) < 4.78 is 36.6. The Balaban J connectivity index is 2.39. The lowest BCUT2D eigenvalue weighted by Crippen LogP contribution is -2.30. The number of aliphatic hydroxyl groups excluding tert-OH is 1. The lowest BCUT2D eigenvalue weighted by atomic mass is 9.79. The van der Waals surface area contributed by atoms with Crippen LogP contribution < -0.4 is 0 Å². The van der Waals surface area contributed by atoms with Gasteiger partial charge in [-0.05, 0) is 38.5 Å². The summed E-state index contributed by atoms with van der Waals surface area (Å²) in [6.07, 6.45) is -3.14. The van der Waals surface area contributed by atoms with Crippen molar-refractivity contribution in [2.45, 2.75) is 44.9 Å². The molecule has 0 unspecified atom stereocenters. The Morgan fingerprint density at radius 2 is 1.62 bits per heavy atom. The summed E-state index contributed by atoms with van der Waals surface area (Å²) in [5.74, 6) is -1.07. The van der Waals surface area contributed by atoms with E-state index < -0.39 is 18.2 Å². The van der Waals surface area contributed by atoms with Gasteiger partial charge in [-0.25, -0.2) is 0 Å². The first-order chi connectivity index (χ1) is 5.91. The van der Waals surface area contributed by atoms with Crippen molar-refractivity contribution in [1.82, 2.24) is 0 Å². The molecule has 0 aromatic carbocycles. The Hall–Kier alpha value is -0.250. The molecule has 0 heterocycles. The molecule has 0 radical (unpaired) electrons. The molecule has 0 aliphatic heterocycles. The topological polar surface area (TPSA) is 20.2 Å². The van der Waals surface area contributed by atoms with Gasteiger partial charge in [0.15, 0.2) is 0 Å². The van der Waals surface area contributed by atoms with Crippen molar-refractivity contribution < 1.29 is 18.3 Å². The van der Waals surface area contributed by atoms with Crippen LogP contribution in [0.2, 0.25) is 0 Å². The van der Waals surface area contributed by atoms with Crippen LogP contribution in [0, 0.1) is 11.8 Å². The maximum atomic E-state index is 12.2. The zero-order valence-electron chi connectivity index (χ0n) is 7.64. The lowest BCUT2D eigenvalue weighted by Gasteiger charge is -2.31. The fourth-order valence-electron chi connectivity index (χ4n) is 1.93. The molecular formula is C9H15F3O. The minimum Gasteiger partial charge on any atom is -0.393 e. The maximum absolute atomic E-state index is 12.2. The van der Waals surface area contributed by atoms with Crippen LogP contribution in [0.5, 0.6) is 0 Å². The summed E-state index contributed by atoms with van der Waals surface area (Å²) in [5, 5.41) is 9.18. The first-order valence-corrected chi connectivity index (χ1v) is 4.66. The van der Waals surface area contributed by atoms with Crippen molar-refractivity contribution in [2.75, 3.05) is 0 Å². The van der Waals surface area contributed by atoms with Crippen molar-refractivity contribution >= 4 is 0 Å². The SMILES string of the molecule is C[C@H](O)C1CCC(C(F)(F)F)CC1. The Labute approximate surface area is 75.9 Å². The van der Waals surface area contributed by atoms with E-state index in [-0.39, 0.29) is 18.8 Å². The summed E-state index contributed by atoms with van der Waals surface area (Å²) >= 11 is 0. The highest BCUT2D eigenvalue weighted by molar-refractivity contribution is 4.79. The highest BCUT2D eigenvalue weighted by atomic mass is 19.4. The largest absolute Gasteiger partial charge is 0.393 e. The fourth-order valence-corrected chi connectivity index (χ4v) is 1.93. The summed E-state index contributed by atoms with van der Waals surface area (Å²) in [6, 6.07) is 0. The predicted octanol–water partition coefficient (Wildman–Crippen LogP) is 2.74. The molecule has 0 amide bonds. The zero-order valence-corrected chi connectivity index (χ0v) is 7.64. The molecule has 1 rings (SSSR count). The normalized spacial score (nSPS) is 33.0. The first-order valence-electron chi connectivity index (χ1n) is 4.66. The van der Waals surface area contributed by atoms with Crippen molar-refractivity contribution in [1.29, 1.82) is 0 Å². The van der Waals surface area contributed by atoms with Crippen molar-refractivity contribution in [3.05, 3.63) is 0 Å². The van der Waals surface area contributed by atoms with Gasteiger partial charge in [0.25, 0.3) is 0 Å². The average molecular weight is 196 g/mol. The highest BCUT2D eigenvalue weighted by Crippen LogP contribution is 2.40. The molecule has 1 atom stereocenters. The van der Waals surface area contributed by atoms with Crippen LogP contribution in [0.1, 0.15) is 32.6 Å². The third kappa shape index (κ3) is 2.86. The van der Waals surface area contributed by atoms with Crippen LogP contribution >= 0.6 is 0 Å². The second-order valence-electron chi connectivity index (χ2n) is 3.89. The van der Waals surface area contributed by atoms with Crippen LogP contribution in [0.15, 0.2) is 0 Å². The molecule has 1 aliphatic carbocycles. The number of halogens is 3. The van der Waals surface area contributed by atoms with Gasteiger partial charge in [0, 0.05) is 0 Å². The molecule has 0 spiro atoms. The molecule has 0 bridgehead atoms. The monoisotopic (exact) mass is 196 g/mol. The van der Waals surface area contributed by atoms with E-state index in [1.807, 2.05) is 0 Å². The van der Waals surface area contributed by atoms with Gasteiger partial charge in [-0.2, -0.15) is 13.2 Å². The van der Waals surface area contributed by atoms with E-state index >= 15 is 0 Å². The Kier molecular flexibility index (Phi) is 3.22. The van der Waals surface area contributed by atoms with Crippen molar-refractivity contribution in [3.63, 3.8) is 0 Å². The van der Waals surface area contributed by atoms with E-state index in [0.717, 1.165) is 0 Å². The predicted molar refractivity (Wildman–Crippen MR) is 43.2 cm³/mol. The second-order valence-corrected chi connectivity index (χ2v) is 3.89. The maximum Gasteiger partial charge on any atom is 0.391 e. The van der Waals surface area contributed by atoms with E-state index in [0.29, 0.717) is 12.8 Å². The summed E-state index contributed by atoms with van der Waals surface area (Å²) in [4.78, 5) is 0. The lowest BCUT2D eigenvalue weighted by molar-refractivity contribution is -0.185. The van der Waals surface area contributed by atoms with Crippen molar-refractivity contribution in [3.8, 4) is 0 Å².